The predicted molar refractivity (Wildman–Crippen MR) is 144 cm³/mol. The van der Waals surface area contributed by atoms with Gasteiger partial charge in [0.25, 0.3) is 5.91 Å². The molecular weight excluding hydrogens is 452 g/mol. The SMILES string of the molecule is COCCCC(NC(=O)c1ccc(CN(C)CCC2CCCCC2)cc1-c1ccccc1C)C(=O)O. The molecule has 1 amide bonds. The lowest BCUT2D eigenvalue weighted by Crippen LogP contribution is -2.41. The second kappa shape index (κ2) is 14.1. The Hall–Kier alpha value is -2.70. The number of carbonyl (C=O) groups excluding carboxylic acids is 1. The lowest BCUT2D eigenvalue weighted by Gasteiger charge is -2.25. The number of rotatable bonds is 13. The Labute approximate surface area is 216 Å². The van der Waals surface area contributed by atoms with E-state index in [2.05, 4.69) is 23.3 Å². The summed E-state index contributed by atoms with van der Waals surface area (Å²) < 4.78 is 5.04. The molecule has 2 aromatic carbocycles. The zero-order valence-corrected chi connectivity index (χ0v) is 22.1. The summed E-state index contributed by atoms with van der Waals surface area (Å²) in [6.45, 7) is 4.36. The normalized spacial score (nSPS) is 15.1. The summed E-state index contributed by atoms with van der Waals surface area (Å²) in [5, 5.41) is 12.4. The van der Waals surface area contributed by atoms with E-state index >= 15 is 0 Å². The number of carbonyl (C=O) groups is 2. The Bertz CT molecular complexity index is 1000. The van der Waals surface area contributed by atoms with Crippen LogP contribution in [0.5, 0.6) is 0 Å². The van der Waals surface area contributed by atoms with Gasteiger partial charge in [-0.25, -0.2) is 4.79 Å². The molecule has 196 valence electrons. The van der Waals surface area contributed by atoms with E-state index < -0.39 is 12.0 Å². The first kappa shape index (κ1) is 27.9. The highest BCUT2D eigenvalue weighted by Crippen LogP contribution is 2.29. The average molecular weight is 495 g/mol. The number of benzene rings is 2. The molecule has 0 radical (unpaired) electrons. The Balaban J connectivity index is 1.78. The van der Waals surface area contributed by atoms with Crippen LogP contribution in [0.1, 0.15) is 72.9 Å². The quantitative estimate of drug-likeness (QED) is 0.351. The molecule has 1 atom stereocenters. The molecule has 0 heterocycles. The summed E-state index contributed by atoms with van der Waals surface area (Å²) in [6.07, 6.45) is 8.95. The van der Waals surface area contributed by atoms with Crippen LogP contribution in [0, 0.1) is 12.8 Å². The maximum atomic E-state index is 13.3. The second-order valence-corrected chi connectivity index (χ2v) is 10.2. The van der Waals surface area contributed by atoms with Crippen LogP contribution in [0.4, 0.5) is 0 Å². The highest BCUT2D eigenvalue weighted by atomic mass is 16.5. The summed E-state index contributed by atoms with van der Waals surface area (Å²) in [5.74, 6) is -0.552. The molecule has 0 spiro atoms. The summed E-state index contributed by atoms with van der Waals surface area (Å²) in [6, 6.07) is 13.0. The summed E-state index contributed by atoms with van der Waals surface area (Å²) in [7, 11) is 3.74. The summed E-state index contributed by atoms with van der Waals surface area (Å²) >= 11 is 0. The minimum atomic E-state index is -1.03. The van der Waals surface area contributed by atoms with Crippen molar-refractivity contribution in [1.82, 2.24) is 10.2 Å². The van der Waals surface area contributed by atoms with Crippen LogP contribution >= 0.6 is 0 Å². The van der Waals surface area contributed by atoms with Gasteiger partial charge in [0.15, 0.2) is 0 Å². The number of nitrogens with one attached hydrogen (secondary N) is 1. The molecule has 2 N–H and O–H groups in total. The van der Waals surface area contributed by atoms with Gasteiger partial charge in [-0.05, 0) is 80.1 Å². The standard InChI is InChI=1S/C30H42N2O4/c1-22-10-7-8-13-25(22)27-20-24(21-32(2)18-17-23-11-5-4-6-12-23)15-16-26(27)29(33)31-28(30(34)35)14-9-19-36-3/h7-8,10,13,15-16,20,23,28H,4-6,9,11-12,14,17-19,21H2,1-3H3,(H,31,33)(H,34,35). The number of aliphatic carboxylic acids is 1. The summed E-state index contributed by atoms with van der Waals surface area (Å²) in [5.41, 5.74) is 4.54. The number of carboxylic acids is 1. The molecule has 36 heavy (non-hydrogen) atoms. The maximum Gasteiger partial charge on any atom is 0.326 e. The smallest absolute Gasteiger partial charge is 0.326 e. The molecule has 3 rings (SSSR count). The maximum absolute atomic E-state index is 13.3. The second-order valence-electron chi connectivity index (χ2n) is 10.2. The number of aryl methyl sites for hydroxylation is 1. The molecule has 0 bridgehead atoms. The molecule has 0 aromatic heterocycles. The minimum Gasteiger partial charge on any atom is -0.480 e. The molecule has 0 aliphatic heterocycles. The van der Waals surface area contributed by atoms with Crippen LogP contribution in [0.2, 0.25) is 0 Å². The third-order valence-corrected chi connectivity index (χ3v) is 7.30. The molecule has 1 aliphatic rings. The van der Waals surface area contributed by atoms with Crippen molar-refractivity contribution in [2.24, 2.45) is 5.92 Å². The van der Waals surface area contributed by atoms with Crippen molar-refractivity contribution in [2.45, 2.75) is 70.9 Å². The lowest BCUT2D eigenvalue weighted by molar-refractivity contribution is -0.139. The van der Waals surface area contributed by atoms with E-state index in [0.717, 1.165) is 41.3 Å². The zero-order chi connectivity index (χ0) is 25.9. The van der Waals surface area contributed by atoms with Crippen molar-refractivity contribution in [3.8, 4) is 11.1 Å². The van der Waals surface area contributed by atoms with E-state index in [0.29, 0.717) is 25.0 Å². The van der Waals surface area contributed by atoms with Crippen LogP contribution in [0.25, 0.3) is 11.1 Å². The van der Waals surface area contributed by atoms with Crippen molar-refractivity contribution in [3.05, 3.63) is 59.2 Å². The van der Waals surface area contributed by atoms with Crippen molar-refractivity contribution < 1.29 is 19.4 Å². The van der Waals surface area contributed by atoms with Crippen molar-refractivity contribution in [1.29, 1.82) is 0 Å². The van der Waals surface area contributed by atoms with E-state index in [4.69, 9.17) is 4.74 Å². The van der Waals surface area contributed by atoms with E-state index in [9.17, 15) is 14.7 Å². The molecule has 1 unspecified atom stereocenters. The van der Waals surface area contributed by atoms with Gasteiger partial charge in [-0.3, -0.25) is 4.79 Å². The zero-order valence-electron chi connectivity index (χ0n) is 22.1. The molecule has 1 aliphatic carbocycles. The van der Waals surface area contributed by atoms with E-state index in [1.165, 1.54) is 38.5 Å². The van der Waals surface area contributed by atoms with E-state index in [1.54, 1.807) is 7.11 Å². The fraction of sp³-hybridized carbons (Fsp3) is 0.533. The highest BCUT2D eigenvalue weighted by molar-refractivity contribution is 6.02. The van der Waals surface area contributed by atoms with Gasteiger partial charge in [-0.2, -0.15) is 0 Å². The molecule has 6 nitrogen and oxygen atoms in total. The third kappa shape index (κ3) is 8.17. The first-order valence-electron chi connectivity index (χ1n) is 13.3. The Morgan fingerprint density at radius 2 is 1.86 bits per heavy atom. The molecule has 0 saturated heterocycles. The number of ether oxygens (including phenoxy) is 1. The van der Waals surface area contributed by atoms with Crippen molar-refractivity contribution in [3.63, 3.8) is 0 Å². The Morgan fingerprint density at radius 3 is 2.56 bits per heavy atom. The van der Waals surface area contributed by atoms with Crippen LogP contribution in [0.15, 0.2) is 42.5 Å². The highest BCUT2D eigenvalue weighted by Gasteiger charge is 2.23. The molecular formula is C30H42N2O4. The largest absolute Gasteiger partial charge is 0.480 e. The van der Waals surface area contributed by atoms with Crippen LogP contribution < -0.4 is 5.32 Å². The van der Waals surface area contributed by atoms with E-state index in [-0.39, 0.29) is 5.91 Å². The van der Waals surface area contributed by atoms with Crippen LogP contribution in [-0.4, -0.2) is 55.2 Å². The van der Waals surface area contributed by atoms with Gasteiger partial charge in [0.1, 0.15) is 6.04 Å². The van der Waals surface area contributed by atoms with Crippen molar-refractivity contribution >= 4 is 11.9 Å². The van der Waals surface area contributed by atoms with Gasteiger partial charge < -0.3 is 20.1 Å². The summed E-state index contributed by atoms with van der Waals surface area (Å²) in [4.78, 5) is 27.4. The number of hydrogen-bond donors (Lipinski definition) is 2. The number of amides is 1. The fourth-order valence-corrected chi connectivity index (χ4v) is 5.18. The van der Waals surface area contributed by atoms with E-state index in [1.807, 2.05) is 43.3 Å². The topological polar surface area (TPSA) is 78.9 Å². The van der Waals surface area contributed by atoms with Gasteiger partial charge in [0, 0.05) is 25.8 Å². The molecule has 6 heteroatoms. The Morgan fingerprint density at radius 1 is 1.11 bits per heavy atom. The van der Waals surface area contributed by atoms with Crippen molar-refractivity contribution in [2.75, 3.05) is 27.3 Å². The number of carboxylic acid groups (broad SMARTS) is 1. The predicted octanol–water partition coefficient (Wildman–Crippen LogP) is 5.67. The van der Waals surface area contributed by atoms with Gasteiger partial charge in [-0.1, -0.05) is 62.4 Å². The van der Waals surface area contributed by atoms with Gasteiger partial charge in [0.2, 0.25) is 0 Å². The minimum absolute atomic E-state index is 0.318. The first-order valence-corrected chi connectivity index (χ1v) is 13.3. The van der Waals surface area contributed by atoms with Gasteiger partial charge in [0.05, 0.1) is 0 Å². The van der Waals surface area contributed by atoms with Gasteiger partial charge >= 0.3 is 5.97 Å². The lowest BCUT2D eigenvalue weighted by atomic mass is 9.87. The monoisotopic (exact) mass is 494 g/mol. The first-order chi connectivity index (χ1) is 17.4. The fourth-order valence-electron chi connectivity index (χ4n) is 5.18. The molecule has 2 aromatic rings. The Kier molecular flexibility index (Phi) is 11.0. The third-order valence-electron chi connectivity index (χ3n) is 7.30. The average Bonchev–Trinajstić information content (AvgIpc) is 2.87. The number of methoxy groups -OCH3 is 1. The van der Waals surface area contributed by atoms with Gasteiger partial charge in [-0.15, -0.1) is 0 Å². The molecule has 1 fully saturated rings. The number of nitrogens with zero attached hydrogens (tertiary/aromatic N) is 1. The molecule has 1 saturated carbocycles. The number of hydrogen-bond acceptors (Lipinski definition) is 4. The van der Waals surface area contributed by atoms with Crippen LogP contribution in [0.3, 0.4) is 0 Å². The van der Waals surface area contributed by atoms with Crippen LogP contribution in [-0.2, 0) is 16.1 Å².